The van der Waals surface area contributed by atoms with E-state index in [2.05, 4.69) is 82.1 Å². The maximum absolute atomic E-state index is 11.2. The number of aryl methyl sites for hydroxylation is 2. The van der Waals surface area contributed by atoms with Gasteiger partial charge in [0.2, 0.25) is 12.5 Å². The van der Waals surface area contributed by atoms with E-state index in [0.717, 1.165) is 52.1 Å². The Morgan fingerprint density at radius 3 is 2.28 bits per heavy atom. The fourth-order valence-electron chi connectivity index (χ4n) is 6.20. The maximum Gasteiger partial charge on any atom is 0.231 e. The number of phenols is 1. The van der Waals surface area contributed by atoms with Gasteiger partial charge in [0.1, 0.15) is 0 Å². The average molecular weight is 537 g/mol. The zero-order chi connectivity index (χ0) is 25.4. The van der Waals surface area contributed by atoms with Crippen molar-refractivity contribution in [1.82, 2.24) is 4.57 Å². The van der Waals surface area contributed by atoms with Gasteiger partial charge in [-0.15, -0.1) is 0 Å². The Morgan fingerprint density at radius 1 is 0.872 bits per heavy atom. The summed E-state index contributed by atoms with van der Waals surface area (Å²) in [6.07, 6.45) is 2.94. The molecule has 2 aromatic heterocycles. The van der Waals surface area contributed by atoms with Crippen molar-refractivity contribution in [1.29, 1.82) is 0 Å². The second-order valence-electron chi connectivity index (χ2n) is 10.00. The first-order valence-corrected chi connectivity index (χ1v) is 12.8. The molecule has 0 radical (unpaired) electrons. The predicted octanol–water partition coefficient (Wildman–Crippen LogP) is 2.95. The Kier molecular flexibility index (Phi) is 5.35. The smallest absolute Gasteiger partial charge is 0.231 e. The number of benzene rings is 4. The van der Waals surface area contributed by atoms with Crippen LogP contribution in [0.15, 0.2) is 79.0 Å². The summed E-state index contributed by atoms with van der Waals surface area (Å²) in [5.74, 6) is 2.24. The topological polar surface area (TPSA) is 56.7 Å². The molecule has 0 aliphatic carbocycles. The van der Waals surface area contributed by atoms with Gasteiger partial charge < -0.3 is 36.3 Å². The minimum absolute atomic E-state index is 0. The molecule has 0 bridgehead atoms. The van der Waals surface area contributed by atoms with Gasteiger partial charge in [-0.1, -0.05) is 36.4 Å². The summed E-state index contributed by atoms with van der Waals surface area (Å²) in [6, 6.07) is 25.4. The number of ether oxygens (including phenoxy) is 3. The first-order valence-electron chi connectivity index (χ1n) is 12.8. The van der Waals surface area contributed by atoms with Gasteiger partial charge in [0.05, 0.1) is 18.1 Å². The maximum atomic E-state index is 11.2. The summed E-state index contributed by atoms with van der Waals surface area (Å²) in [7, 11) is 1.61. The number of rotatable bonds is 3. The highest BCUT2D eigenvalue weighted by molar-refractivity contribution is 6.08. The molecule has 0 fully saturated rings. The monoisotopic (exact) mass is 536 g/mol. The fourth-order valence-corrected chi connectivity index (χ4v) is 6.20. The van der Waals surface area contributed by atoms with Crippen molar-refractivity contribution >= 4 is 32.6 Å². The van der Waals surface area contributed by atoms with E-state index in [9.17, 15) is 5.11 Å². The molecular weight excluding hydrogens is 512 g/mol. The molecule has 6 nitrogen and oxygen atoms in total. The molecule has 0 saturated carbocycles. The van der Waals surface area contributed by atoms with Gasteiger partial charge in [-0.25, -0.2) is 0 Å². The van der Waals surface area contributed by atoms with Crippen LogP contribution in [0.2, 0.25) is 0 Å². The molecule has 2 aliphatic rings. The lowest BCUT2D eigenvalue weighted by Gasteiger charge is -2.18. The Labute approximate surface area is 231 Å². The highest BCUT2D eigenvalue weighted by atomic mass is 35.5. The van der Waals surface area contributed by atoms with Crippen LogP contribution >= 0.6 is 0 Å². The van der Waals surface area contributed by atoms with E-state index >= 15 is 0 Å². The van der Waals surface area contributed by atoms with Gasteiger partial charge in [0.15, 0.2) is 35.7 Å². The van der Waals surface area contributed by atoms with Crippen LogP contribution < -0.4 is 31.2 Å². The Bertz CT molecular complexity index is 1890. The highest BCUT2D eigenvalue weighted by Crippen LogP contribution is 2.43. The van der Waals surface area contributed by atoms with Crippen LogP contribution in [0.25, 0.3) is 43.8 Å². The third kappa shape index (κ3) is 3.45. The highest BCUT2D eigenvalue weighted by Gasteiger charge is 2.29. The summed E-state index contributed by atoms with van der Waals surface area (Å²) in [6.45, 7) is 1.71. The van der Waals surface area contributed by atoms with Crippen LogP contribution in [0.4, 0.5) is 0 Å². The third-order valence-corrected chi connectivity index (χ3v) is 8.03. The largest absolute Gasteiger partial charge is 1.00 e. The van der Waals surface area contributed by atoms with Gasteiger partial charge >= 0.3 is 0 Å². The molecule has 0 unspecified atom stereocenters. The predicted molar refractivity (Wildman–Crippen MR) is 146 cm³/mol. The van der Waals surface area contributed by atoms with Crippen LogP contribution in [-0.4, -0.2) is 23.6 Å². The number of methoxy groups -OCH3 is 1. The van der Waals surface area contributed by atoms with Crippen molar-refractivity contribution in [3.8, 4) is 34.3 Å². The standard InChI is InChI=1S/C32H24N2O4.ClH/c1-36-31-13-20(16-34-26-8-4-2-6-21(26)22-7-3-5-9-27(22)34)23-14-28-24-15-30-29(37-18-38-30)12-19(24)10-11-33(28)17-25(23)32(31)35;/h2-9,12-15,17H,10-11,16,18H2,1H3;1H. The summed E-state index contributed by atoms with van der Waals surface area (Å²) >= 11 is 0. The van der Waals surface area contributed by atoms with Crippen molar-refractivity contribution in [3.63, 3.8) is 0 Å². The molecule has 0 saturated heterocycles. The van der Waals surface area contributed by atoms with E-state index in [1.165, 1.54) is 27.4 Å². The molecule has 4 heterocycles. The molecule has 8 rings (SSSR count). The second kappa shape index (κ2) is 8.82. The number of fused-ring (bicyclic) bond motifs is 8. The molecular formula is C32H25ClN2O4. The van der Waals surface area contributed by atoms with Crippen molar-refractivity contribution in [2.24, 2.45) is 0 Å². The number of aromatic nitrogens is 2. The number of nitrogens with zero attached hydrogens (tertiary/aromatic N) is 2. The zero-order valence-electron chi connectivity index (χ0n) is 21.3. The summed E-state index contributed by atoms with van der Waals surface area (Å²) < 4.78 is 21.5. The number of halogens is 1. The van der Waals surface area contributed by atoms with Gasteiger partial charge in [-0.05, 0) is 41.5 Å². The van der Waals surface area contributed by atoms with Gasteiger partial charge in [0, 0.05) is 46.2 Å². The lowest BCUT2D eigenvalue weighted by Crippen LogP contribution is -3.00. The quantitative estimate of drug-likeness (QED) is 0.353. The van der Waals surface area contributed by atoms with Crippen molar-refractivity contribution in [2.75, 3.05) is 13.9 Å². The molecule has 2 aliphatic heterocycles. The van der Waals surface area contributed by atoms with Gasteiger partial charge in [-0.3, -0.25) is 0 Å². The number of pyridine rings is 1. The molecule has 4 aromatic carbocycles. The Morgan fingerprint density at radius 2 is 1.56 bits per heavy atom. The number of phenolic OH excluding ortho intramolecular Hbond substituents is 1. The SMILES string of the molecule is COc1cc(Cn2c3ccccc3c3ccccc32)c2cc3[n+](cc2c1O)CCc1cc2c(cc1-3)OCO2.[Cl-]. The molecule has 0 atom stereocenters. The first kappa shape index (κ1) is 23.7. The molecule has 0 spiro atoms. The van der Waals surface area contributed by atoms with Crippen LogP contribution in [0, 0.1) is 0 Å². The van der Waals surface area contributed by atoms with Crippen molar-refractivity contribution in [2.45, 2.75) is 19.5 Å². The third-order valence-electron chi connectivity index (χ3n) is 8.03. The van der Waals surface area contributed by atoms with Crippen LogP contribution in [0.1, 0.15) is 11.1 Å². The molecule has 1 N–H and O–H groups in total. The van der Waals surface area contributed by atoms with E-state index in [-0.39, 0.29) is 24.9 Å². The number of para-hydroxylation sites is 2. The molecule has 0 amide bonds. The molecule has 7 heteroatoms. The van der Waals surface area contributed by atoms with Crippen molar-refractivity contribution < 1.29 is 36.3 Å². The van der Waals surface area contributed by atoms with Crippen LogP contribution in [0.3, 0.4) is 0 Å². The Hall–Kier alpha value is -4.42. The average Bonchev–Trinajstić information content (AvgIpc) is 3.55. The van der Waals surface area contributed by atoms with Crippen LogP contribution in [-0.2, 0) is 19.5 Å². The minimum Gasteiger partial charge on any atom is -1.00 e. The summed E-state index contributed by atoms with van der Waals surface area (Å²) in [5.41, 5.74) is 6.93. The molecule has 39 heavy (non-hydrogen) atoms. The minimum atomic E-state index is 0. The Balaban J connectivity index is 0.00000253. The summed E-state index contributed by atoms with van der Waals surface area (Å²) in [4.78, 5) is 0. The number of aromatic hydroxyl groups is 1. The van der Waals surface area contributed by atoms with Gasteiger partial charge in [-0.2, -0.15) is 4.57 Å². The first-order chi connectivity index (χ1) is 18.7. The molecule has 194 valence electrons. The van der Waals surface area contributed by atoms with Gasteiger partial charge in [0.25, 0.3) is 0 Å². The number of hydrogen-bond acceptors (Lipinski definition) is 4. The summed E-state index contributed by atoms with van der Waals surface area (Å²) in [5, 5.41) is 15.4. The van der Waals surface area contributed by atoms with E-state index < -0.39 is 0 Å². The van der Waals surface area contributed by atoms with Crippen LogP contribution in [0.5, 0.6) is 23.0 Å². The van der Waals surface area contributed by atoms with E-state index in [4.69, 9.17) is 14.2 Å². The lowest BCUT2D eigenvalue weighted by molar-refractivity contribution is -0.686. The number of hydrogen-bond donors (Lipinski definition) is 1. The lowest BCUT2D eigenvalue weighted by atomic mass is 9.94. The fraction of sp³-hybridized carbons (Fsp3) is 0.156. The second-order valence-corrected chi connectivity index (χ2v) is 10.00. The normalized spacial score (nSPS) is 13.4. The zero-order valence-corrected chi connectivity index (χ0v) is 22.0. The van der Waals surface area contributed by atoms with E-state index in [1.54, 1.807) is 7.11 Å². The van der Waals surface area contributed by atoms with E-state index in [0.29, 0.717) is 12.3 Å². The molecule has 6 aromatic rings. The van der Waals surface area contributed by atoms with Crippen molar-refractivity contribution in [3.05, 3.63) is 90.1 Å². The van der Waals surface area contributed by atoms with E-state index in [1.807, 2.05) is 6.07 Å².